The van der Waals surface area contributed by atoms with Gasteiger partial charge in [0, 0.05) is 59.6 Å². The van der Waals surface area contributed by atoms with Crippen molar-refractivity contribution in [3.8, 4) is 23.0 Å². The number of nitrogens with one attached hydrogen (secondary N) is 5. The van der Waals surface area contributed by atoms with Gasteiger partial charge in [0.15, 0.2) is 10.2 Å². The molecule has 352 valence electrons. The third-order valence-corrected chi connectivity index (χ3v) is 9.64. The maximum atomic E-state index is 11.0. The summed E-state index contributed by atoms with van der Waals surface area (Å²) in [6.45, 7) is 1.45. The van der Waals surface area contributed by atoms with Crippen molar-refractivity contribution < 1.29 is 43.9 Å². The number of carbonyl (C=O) groups excluding carboxylic acids is 1. The van der Waals surface area contributed by atoms with Crippen molar-refractivity contribution in [2.45, 2.75) is 6.92 Å². The molecule has 0 saturated heterocycles. The third kappa shape index (κ3) is 16.5. The van der Waals surface area contributed by atoms with Crippen LogP contribution >= 0.6 is 47.6 Å². The number of ether oxygens (including phenoxy) is 3. The molecule has 0 aliphatic heterocycles. The number of hydrogen-bond acceptors (Lipinski definition) is 12. The summed E-state index contributed by atoms with van der Waals surface area (Å²) in [6, 6.07) is 34.1. The number of halogens is 2. The molecule has 0 aliphatic rings. The van der Waals surface area contributed by atoms with Crippen molar-refractivity contribution in [3.63, 3.8) is 0 Å². The molecule has 0 atom stereocenters. The highest BCUT2D eigenvalue weighted by Gasteiger charge is 2.13. The molecule has 68 heavy (non-hydrogen) atoms. The molecule has 2 heterocycles. The van der Waals surface area contributed by atoms with Crippen LogP contribution in [0, 0.1) is 0 Å². The third-order valence-electron chi connectivity index (χ3n) is 8.63. The largest absolute Gasteiger partial charge is 0.506 e. The van der Waals surface area contributed by atoms with Crippen LogP contribution in [0.5, 0.6) is 23.0 Å². The first kappa shape index (κ1) is 52.7. The summed E-state index contributed by atoms with van der Waals surface area (Å²) in [5, 5.41) is 43.6. The zero-order chi connectivity index (χ0) is 49.8. The van der Waals surface area contributed by atoms with E-state index in [0.29, 0.717) is 71.7 Å². The van der Waals surface area contributed by atoms with E-state index in [9.17, 15) is 19.5 Å². The number of nitrogens with two attached hydrogens (primary N) is 1. The second-order valence-electron chi connectivity index (χ2n) is 13.4. The number of rotatable bonds is 10. The highest BCUT2D eigenvalue weighted by atomic mass is 35.5. The summed E-state index contributed by atoms with van der Waals surface area (Å²) in [6.07, 6.45) is 2.95. The van der Waals surface area contributed by atoms with E-state index in [-0.39, 0.29) is 22.4 Å². The SMILES string of the molecule is COc1cc(O)c(Cl)cc1NC(=S)Nc1ccc(NC(C)=O)cc1.COc1cc(OC)c(NC(=S)Nc2ccc(N)cc2)cc1Cl.O=C(O)c1ccccn1.O=C(O)c1ccnc2ccccc12. The van der Waals surface area contributed by atoms with E-state index in [4.69, 9.17) is 77.8 Å². The summed E-state index contributed by atoms with van der Waals surface area (Å²) in [5.41, 5.74) is 10.8. The molecule has 0 fully saturated rings. The molecule has 0 spiro atoms. The quantitative estimate of drug-likeness (QED) is 0.0351. The van der Waals surface area contributed by atoms with Gasteiger partial charge in [-0.2, -0.15) is 0 Å². The first-order chi connectivity index (χ1) is 32.5. The van der Waals surface area contributed by atoms with Gasteiger partial charge in [-0.15, -0.1) is 0 Å². The normalized spacial score (nSPS) is 9.85. The lowest BCUT2D eigenvalue weighted by Crippen LogP contribution is -2.19. The van der Waals surface area contributed by atoms with Crippen molar-refractivity contribution in [3.05, 3.63) is 155 Å². The highest BCUT2D eigenvalue weighted by Crippen LogP contribution is 2.37. The fourth-order valence-electron chi connectivity index (χ4n) is 5.51. The monoisotopic (exact) mass is 998 g/mol. The number of methoxy groups -OCH3 is 3. The number of amides is 1. The minimum atomic E-state index is -0.990. The van der Waals surface area contributed by atoms with Gasteiger partial charge < -0.3 is 61.8 Å². The van der Waals surface area contributed by atoms with Gasteiger partial charge in [0.1, 0.15) is 28.7 Å². The number of carboxylic acid groups (broad SMARTS) is 2. The maximum Gasteiger partial charge on any atom is 0.354 e. The molecule has 7 rings (SSSR count). The summed E-state index contributed by atoms with van der Waals surface area (Å²) < 4.78 is 15.6. The molecule has 2 aromatic heterocycles. The predicted molar refractivity (Wildman–Crippen MR) is 275 cm³/mol. The first-order valence-electron chi connectivity index (χ1n) is 19.6. The van der Waals surface area contributed by atoms with Crippen LogP contribution in [0.4, 0.5) is 34.1 Å². The van der Waals surface area contributed by atoms with Gasteiger partial charge in [-0.25, -0.2) is 14.6 Å². The smallest absolute Gasteiger partial charge is 0.354 e. The van der Waals surface area contributed by atoms with Crippen LogP contribution in [0.15, 0.2) is 134 Å². The topological polar surface area (TPSA) is 252 Å². The molecule has 0 unspecified atom stereocenters. The zero-order valence-corrected chi connectivity index (χ0v) is 39.7. The number of nitrogen functional groups attached to an aromatic ring is 1. The first-order valence-corrected chi connectivity index (χ1v) is 21.2. The number of hydrogen-bond donors (Lipinski definition) is 9. The van der Waals surface area contributed by atoms with Gasteiger partial charge in [-0.1, -0.05) is 47.5 Å². The molecule has 17 nitrogen and oxygen atoms in total. The van der Waals surface area contributed by atoms with Crippen molar-refractivity contribution in [1.82, 2.24) is 9.97 Å². The van der Waals surface area contributed by atoms with Gasteiger partial charge in [0.25, 0.3) is 0 Å². The van der Waals surface area contributed by atoms with Crippen LogP contribution in [0.1, 0.15) is 27.8 Å². The number of pyridine rings is 2. The van der Waals surface area contributed by atoms with E-state index >= 15 is 0 Å². The predicted octanol–water partition coefficient (Wildman–Crippen LogP) is 10.3. The maximum absolute atomic E-state index is 11.0. The standard InChI is InChI=1S/C16H16ClN3O3S.C15H16ClN3O2S.C10H7NO2.C6H5NO2/c1-9(21)18-10-3-5-11(6-4-10)19-16(24)20-13-7-12(17)14(22)8-15(13)23-2;1-20-13-8-14(21-2)12(7-11(13)16)19-15(22)18-10-5-3-9(17)4-6-10;12-10(13)8-5-6-11-9-4-2-1-3-7(8)9;8-6(9)5-3-1-2-4-7-5/h3-8,22H,1-2H3,(H,18,21)(H2,19,20,24);3-8H,17H2,1-2H3,(H2,18,19,22);1-6H,(H,12,13);1-4H,(H,8,9). The number of fused-ring (bicyclic) bond motifs is 1. The second kappa shape index (κ2) is 26.2. The number of aromatic carboxylic acids is 2. The average Bonchev–Trinajstić information content (AvgIpc) is 3.32. The number of carboxylic acids is 2. The van der Waals surface area contributed by atoms with Gasteiger partial charge in [-0.3, -0.25) is 9.78 Å². The van der Waals surface area contributed by atoms with Gasteiger partial charge in [0.05, 0.1) is 53.8 Å². The average molecular weight is 1000 g/mol. The Labute approximate surface area is 411 Å². The molecule has 0 bridgehead atoms. The number of nitrogens with zero attached hydrogens (tertiary/aromatic N) is 2. The lowest BCUT2D eigenvalue weighted by molar-refractivity contribution is -0.114. The van der Waals surface area contributed by atoms with E-state index in [1.54, 1.807) is 93.1 Å². The van der Waals surface area contributed by atoms with Crippen molar-refractivity contribution in [2.24, 2.45) is 0 Å². The molecule has 0 radical (unpaired) electrons. The Kier molecular flexibility index (Phi) is 20.3. The molecule has 0 aliphatic carbocycles. The van der Waals surface area contributed by atoms with Gasteiger partial charge in [0.2, 0.25) is 5.91 Å². The zero-order valence-electron chi connectivity index (χ0n) is 36.5. The molecule has 21 heteroatoms. The molecule has 5 aromatic carbocycles. The molecule has 10 N–H and O–H groups in total. The van der Waals surface area contributed by atoms with E-state index < -0.39 is 11.9 Å². The minimum Gasteiger partial charge on any atom is -0.506 e. The Morgan fingerprint density at radius 1 is 0.588 bits per heavy atom. The Morgan fingerprint density at radius 3 is 1.60 bits per heavy atom. The lowest BCUT2D eigenvalue weighted by atomic mass is 10.1. The van der Waals surface area contributed by atoms with E-state index in [0.717, 1.165) is 11.4 Å². The van der Waals surface area contributed by atoms with Gasteiger partial charge >= 0.3 is 11.9 Å². The molecule has 1 amide bonds. The van der Waals surface area contributed by atoms with Crippen molar-refractivity contribution in [1.29, 1.82) is 0 Å². The van der Waals surface area contributed by atoms with Crippen LogP contribution in [0.25, 0.3) is 10.9 Å². The van der Waals surface area contributed by atoms with Crippen LogP contribution in [0.3, 0.4) is 0 Å². The Bertz CT molecular complexity index is 2860. The molecular formula is C47H44Cl2N8O9S2. The Balaban J connectivity index is 0.000000209. The number of benzene rings is 5. The van der Waals surface area contributed by atoms with Gasteiger partial charge in [-0.05, 0) is 109 Å². The summed E-state index contributed by atoms with van der Waals surface area (Å²) in [4.78, 5) is 39.6. The fraction of sp³-hybridized carbons (Fsp3) is 0.0851. The summed E-state index contributed by atoms with van der Waals surface area (Å²) >= 11 is 22.6. The van der Waals surface area contributed by atoms with Crippen molar-refractivity contribution in [2.75, 3.05) is 53.6 Å². The van der Waals surface area contributed by atoms with Crippen LogP contribution in [-0.4, -0.2) is 74.7 Å². The van der Waals surface area contributed by atoms with E-state index in [2.05, 4.69) is 36.6 Å². The molecular weight excluding hydrogens is 956 g/mol. The number of thiocarbonyl (C=S) groups is 2. The number of para-hydroxylation sites is 1. The number of anilines is 6. The number of aromatic nitrogens is 2. The van der Waals surface area contributed by atoms with Crippen LogP contribution in [0.2, 0.25) is 10.0 Å². The molecule has 0 saturated carbocycles. The fourth-order valence-corrected chi connectivity index (χ4v) is 6.37. The lowest BCUT2D eigenvalue weighted by Gasteiger charge is -2.15. The number of phenolic OH excluding ortho intramolecular Hbond substituents is 1. The minimum absolute atomic E-state index is 0.0773. The Hall–Kier alpha value is -7.97. The van der Waals surface area contributed by atoms with E-state index in [1.165, 1.54) is 50.7 Å². The second-order valence-corrected chi connectivity index (χ2v) is 15.1. The van der Waals surface area contributed by atoms with Crippen LogP contribution in [-0.2, 0) is 4.79 Å². The number of carbonyl (C=O) groups is 3. The molecule has 7 aromatic rings. The Morgan fingerprint density at radius 2 is 1.10 bits per heavy atom. The summed E-state index contributed by atoms with van der Waals surface area (Å²) in [7, 11) is 4.58. The number of phenols is 1. The van der Waals surface area contributed by atoms with Crippen molar-refractivity contribution >= 4 is 121 Å². The number of aromatic hydroxyl groups is 1. The summed E-state index contributed by atoms with van der Waals surface area (Å²) in [5.74, 6) is -0.615. The van der Waals surface area contributed by atoms with E-state index in [1.807, 2.05) is 18.2 Å². The highest BCUT2D eigenvalue weighted by molar-refractivity contribution is 7.81. The van der Waals surface area contributed by atoms with Crippen LogP contribution < -0.4 is 46.5 Å².